The van der Waals surface area contributed by atoms with Gasteiger partial charge in [0.2, 0.25) is 15.9 Å². The summed E-state index contributed by atoms with van der Waals surface area (Å²) in [5, 5.41) is 4.96. The number of nitrogens with zero attached hydrogens (tertiary/aromatic N) is 1. The second-order valence-electron chi connectivity index (χ2n) is 4.35. The van der Waals surface area contributed by atoms with E-state index in [0.717, 1.165) is 10.5 Å². The van der Waals surface area contributed by atoms with Crippen LogP contribution in [0.1, 0.15) is 12.0 Å². The Hall–Kier alpha value is -1.54. The predicted molar refractivity (Wildman–Crippen MR) is 69.8 cm³/mol. The van der Waals surface area contributed by atoms with Crippen molar-refractivity contribution in [1.29, 1.82) is 0 Å². The van der Waals surface area contributed by atoms with Crippen molar-refractivity contribution < 1.29 is 22.0 Å². The van der Waals surface area contributed by atoms with Gasteiger partial charge in [-0.1, -0.05) is 12.1 Å². The van der Waals surface area contributed by atoms with Gasteiger partial charge < -0.3 is 4.90 Å². The molecule has 0 spiro atoms. The topological polar surface area (TPSA) is 80.5 Å². The summed E-state index contributed by atoms with van der Waals surface area (Å²) in [6.45, 7) is -0.594. The van der Waals surface area contributed by atoms with E-state index in [-0.39, 0.29) is 17.2 Å². The number of rotatable bonds is 6. The molecule has 20 heavy (non-hydrogen) atoms. The first-order valence-corrected chi connectivity index (χ1v) is 7.38. The van der Waals surface area contributed by atoms with Gasteiger partial charge in [0.05, 0.1) is 11.4 Å². The van der Waals surface area contributed by atoms with Crippen molar-refractivity contribution in [3.63, 3.8) is 0 Å². The number of carbonyl (C=O) groups is 1. The smallest absolute Gasteiger partial charge is 0.255 e. The van der Waals surface area contributed by atoms with Crippen molar-refractivity contribution in [3.05, 3.63) is 29.8 Å². The van der Waals surface area contributed by atoms with Gasteiger partial charge in [0, 0.05) is 13.5 Å². The van der Waals surface area contributed by atoms with Crippen molar-refractivity contribution in [2.45, 2.75) is 24.2 Å². The highest BCUT2D eigenvalue weighted by molar-refractivity contribution is 7.89. The van der Waals surface area contributed by atoms with E-state index < -0.39 is 23.0 Å². The van der Waals surface area contributed by atoms with E-state index in [9.17, 15) is 22.0 Å². The molecule has 0 radical (unpaired) electrons. The SMILES string of the molecule is CN(CC(F)F)C(=O)CCc1ccc(S(N)(=O)=O)cc1. The Balaban J connectivity index is 2.56. The van der Waals surface area contributed by atoms with Crippen LogP contribution in [0.4, 0.5) is 8.78 Å². The minimum absolute atomic E-state index is 0.0117. The third-order valence-electron chi connectivity index (χ3n) is 2.72. The Labute approximate surface area is 116 Å². The van der Waals surface area contributed by atoms with E-state index >= 15 is 0 Å². The Morgan fingerprint density at radius 1 is 1.30 bits per heavy atom. The molecule has 0 unspecified atom stereocenters. The number of aryl methyl sites for hydroxylation is 1. The third kappa shape index (κ3) is 5.22. The van der Waals surface area contributed by atoms with Gasteiger partial charge in [-0.05, 0) is 24.1 Å². The summed E-state index contributed by atoms with van der Waals surface area (Å²) in [7, 11) is -2.42. The number of primary sulfonamides is 1. The number of benzene rings is 1. The largest absolute Gasteiger partial charge is 0.340 e. The number of carbonyl (C=O) groups excluding carboxylic acids is 1. The first-order valence-electron chi connectivity index (χ1n) is 5.84. The molecule has 0 saturated carbocycles. The standard InChI is InChI=1S/C12H16F2N2O3S/c1-16(8-11(13)14)12(17)7-4-9-2-5-10(6-3-9)20(15,18)19/h2-3,5-6,11H,4,7-8H2,1H3,(H2,15,18,19). The third-order valence-corrected chi connectivity index (χ3v) is 3.65. The fourth-order valence-electron chi connectivity index (χ4n) is 1.60. The maximum atomic E-state index is 12.1. The molecule has 1 amide bonds. The molecular weight excluding hydrogens is 290 g/mol. The number of hydrogen-bond acceptors (Lipinski definition) is 3. The van der Waals surface area contributed by atoms with E-state index in [1.807, 2.05) is 0 Å². The molecule has 0 fully saturated rings. The fourth-order valence-corrected chi connectivity index (χ4v) is 2.11. The number of sulfonamides is 1. The van der Waals surface area contributed by atoms with Crippen molar-refractivity contribution in [3.8, 4) is 0 Å². The number of hydrogen-bond donors (Lipinski definition) is 1. The molecule has 0 saturated heterocycles. The van der Waals surface area contributed by atoms with Gasteiger partial charge in [0.25, 0.3) is 6.43 Å². The molecule has 1 aromatic carbocycles. The van der Waals surface area contributed by atoms with Crippen LogP contribution in [-0.2, 0) is 21.2 Å². The van der Waals surface area contributed by atoms with E-state index in [1.54, 1.807) is 12.1 Å². The summed E-state index contributed by atoms with van der Waals surface area (Å²) >= 11 is 0. The quantitative estimate of drug-likeness (QED) is 0.851. The molecule has 8 heteroatoms. The van der Waals surface area contributed by atoms with E-state index in [2.05, 4.69) is 0 Å². The van der Waals surface area contributed by atoms with Gasteiger partial charge in [-0.25, -0.2) is 22.3 Å². The average molecular weight is 306 g/mol. The van der Waals surface area contributed by atoms with Crippen molar-refractivity contribution >= 4 is 15.9 Å². The van der Waals surface area contributed by atoms with Crippen molar-refractivity contribution in [2.75, 3.05) is 13.6 Å². The van der Waals surface area contributed by atoms with Gasteiger partial charge in [-0.3, -0.25) is 4.79 Å². The van der Waals surface area contributed by atoms with Crippen molar-refractivity contribution in [1.82, 2.24) is 4.90 Å². The van der Waals surface area contributed by atoms with Crippen LogP contribution in [0.3, 0.4) is 0 Å². The molecule has 0 aromatic heterocycles. The second-order valence-corrected chi connectivity index (χ2v) is 5.92. The highest BCUT2D eigenvalue weighted by atomic mass is 32.2. The van der Waals surface area contributed by atoms with Crippen LogP contribution in [0.15, 0.2) is 29.2 Å². The molecule has 2 N–H and O–H groups in total. The lowest BCUT2D eigenvalue weighted by atomic mass is 10.1. The Morgan fingerprint density at radius 3 is 2.30 bits per heavy atom. The number of halogens is 2. The van der Waals surface area contributed by atoms with Crippen LogP contribution < -0.4 is 5.14 Å². The zero-order valence-electron chi connectivity index (χ0n) is 10.9. The van der Waals surface area contributed by atoms with Gasteiger partial charge in [0.15, 0.2) is 0 Å². The molecule has 0 aliphatic heterocycles. The van der Waals surface area contributed by atoms with Gasteiger partial charge in [-0.15, -0.1) is 0 Å². The minimum atomic E-state index is -3.74. The van der Waals surface area contributed by atoms with Crippen LogP contribution in [0.25, 0.3) is 0 Å². The summed E-state index contributed by atoms with van der Waals surface area (Å²) in [6.07, 6.45) is -2.13. The molecule has 1 rings (SSSR count). The predicted octanol–water partition coefficient (Wildman–Crippen LogP) is 0.990. The van der Waals surface area contributed by atoms with Crippen LogP contribution >= 0.6 is 0 Å². The summed E-state index contributed by atoms with van der Waals surface area (Å²) in [5.41, 5.74) is 0.733. The Bertz CT molecular complexity index is 559. The molecule has 0 heterocycles. The highest BCUT2D eigenvalue weighted by Gasteiger charge is 2.14. The van der Waals surface area contributed by atoms with Gasteiger partial charge >= 0.3 is 0 Å². The van der Waals surface area contributed by atoms with Crippen LogP contribution in [-0.4, -0.2) is 39.2 Å². The zero-order chi connectivity index (χ0) is 15.3. The number of amides is 1. The molecular formula is C12H16F2N2O3S. The first kappa shape index (κ1) is 16.5. The Kier molecular flexibility index (Phi) is 5.58. The lowest BCUT2D eigenvalue weighted by molar-refractivity contribution is -0.131. The summed E-state index contributed by atoms with van der Waals surface area (Å²) in [6, 6.07) is 5.77. The van der Waals surface area contributed by atoms with Crippen LogP contribution in [0.2, 0.25) is 0 Å². The average Bonchev–Trinajstić information content (AvgIpc) is 2.34. The summed E-state index contributed by atoms with van der Waals surface area (Å²) in [5.74, 6) is -0.388. The summed E-state index contributed by atoms with van der Waals surface area (Å²) in [4.78, 5) is 12.5. The summed E-state index contributed by atoms with van der Waals surface area (Å²) < 4.78 is 46.3. The zero-order valence-corrected chi connectivity index (χ0v) is 11.7. The number of alkyl halides is 2. The van der Waals surface area contributed by atoms with Crippen LogP contribution in [0, 0.1) is 0 Å². The monoisotopic (exact) mass is 306 g/mol. The van der Waals surface area contributed by atoms with Crippen LogP contribution in [0.5, 0.6) is 0 Å². The fraction of sp³-hybridized carbons (Fsp3) is 0.417. The lowest BCUT2D eigenvalue weighted by Crippen LogP contribution is -2.31. The van der Waals surface area contributed by atoms with E-state index in [4.69, 9.17) is 5.14 Å². The number of nitrogens with two attached hydrogens (primary N) is 1. The highest BCUT2D eigenvalue weighted by Crippen LogP contribution is 2.11. The molecule has 5 nitrogen and oxygen atoms in total. The molecule has 0 aliphatic carbocycles. The molecule has 0 aliphatic rings. The normalized spacial score (nSPS) is 11.7. The van der Waals surface area contributed by atoms with Gasteiger partial charge in [-0.2, -0.15) is 0 Å². The molecule has 112 valence electrons. The van der Waals surface area contributed by atoms with E-state index in [0.29, 0.717) is 6.42 Å². The maximum Gasteiger partial charge on any atom is 0.255 e. The maximum absolute atomic E-state index is 12.1. The molecule has 0 bridgehead atoms. The lowest BCUT2D eigenvalue weighted by Gasteiger charge is -2.16. The van der Waals surface area contributed by atoms with E-state index in [1.165, 1.54) is 19.2 Å². The Morgan fingerprint density at radius 2 is 1.85 bits per heavy atom. The second kappa shape index (κ2) is 6.76. The first-order chi connectivity index (χ1) is 9.20. The molecule has 1 aromatic rings. The minimum Gasteiger partial charge on any atom is -0.340 e. The molecule has 0 atom stereocenters. The van der Waals surface area contributed by atoms with Crippen molar-refractivity contribution in [2.24, 2.45) is 5.14 Å². The van der Waals surface area contributed by atoms with Gasteiger partial charge in [0.1, 0.15) is 0 Å².